The number of Topliss-reactive ketones (excluding diaryl/α,β-unsaturated/α-hetero) is 1. The van der Waals surface area contributed by atoms with E-state index in [0.29, 0.717) is 6.42 Å². The summed E-state index contributed by atoms with van der Waals surface area (Å²) in [6.45, 7) is 6.80. The first kappa shape index (κ1) is 18.5. The number of aryl methyl sites for hydroxylation is 1. The molecule has 0 bridgehead atoms. The molecule has 1 aromatic carbocycles. The lowest BCUT2D eigenvalue weighted by Crippen LogP contribution is -1.97. The van der Waals surface area contributed by atoms with E-state index < -0.39 is 0 Å². The molecule has 2 heteroatoms. The number of rotatable bonds is 11. The Hall–Kier alpha value is -1.57. The molecule has 0 radical (unpaired) electrons. The summed E-state index contributed by atoms with van der Waals surface area (Å²) in [7, 11) is 0. The van der Waals surface area contributed by atoms with E-state index in [0.717, 1.165) is 25.2 Å². The fourth-order valence-electron chi connectivity index (χ4n) is 2.31. The first-order valence-electron chi connectivity index (χ1n) is 8.48. The Labute approximate surface area is 135 Å². The van der Waals surface area contributed by atoms with Crippen LogP contribution in [-0.2, 0) is 11.2 Å². The monoisotopic (exact) mass is 302 g/mol. The third-order valence-electron chi connectivity index (χ3n) is 3.74. The van der Waals surface area contributed by atoms with Crippen LogP contribution in [0.1, 0.15) is 64.9 Å². The van der Waals surface area contributed by atoms with Gasteiger partial charge in [0.2, 0.25) is 0 Å². The van der Waals surface area contributed by atoms with Crippen LogP contribution in [0.5, 0.6) is 5.75 Å². The third kappa shape index (κ3) is 8.66. The number of benzene rings is 1. The summed E-state index contributed by atoms with van der Waals surface area (Å²) in [5.41, 5.74) is 2.66. The van der Waals surface area contributed by atoms with Crippen molar-refractivity contribution in [1.82, 2.24) is 0 Å². The van der Waals surface area contributed by atoms with Gasteiger partial charge in [-0.05, 0) is 57.2 Å². The van der Waals surface area contributed by atoms with Crippen LogP contribution in [-0.4, -0.2) is 12.4 Å². The average molecular weight is 302 g/mol. The molecule has 22 heavy (non-hydrogen) atoms. The molecule has 0 heterocycles. The average Bonchev–Trinajstić information content (AvgIpc) is 2.51. The van der Waals surface area contributed by atoms with E-state index in [4.69, 9.17) is 4.74 Å². The molecule has 0 fully saturated rings. The van der Waals surface area contributed by atoms with Gasteiger partial charge < -0.3 is 9.53 Å². The van der Waals surface area contributed by atoms with E-state index in [1.165, 1.54) is 36.8 Å². The molecule has 0 N–H and O–H groups in total. The van der Waals surface area contributed by atoms with Crippen molar-refractivity contribution in [3.05, 3.63) is 41.5 Å². The van der Waals surface area contributed by atoms with E-state index in [-0.39, 0.29) is 5.78 Å². The van der Waals surface area contributed by atoms with Crippen LogP contribution in [0.25, 0.3) is 0 Å². The van der Waals surface area contributed by atoms with E-state index in [2.05, 4.69) is 19.9 Å². The van der Waals surface area contributed by atoms with E-state index in [9.17, 15) is 4.79 Å². The number of carbonyl (C=O) groups is 1. The Bertz CT molecular complexity index is 457. The van der Waals surface area contributed by atoms with E-state index in [1.54, 1.807) is 6.92 Å². The zero-order chi connectivity index (χ0) is 16.2. The maximum absolute atomic E-state index is 11.0. The summed E-state index contributed by atoms with van der Waals surface area (Å²) in [5.74, 6) is 1.14. The van der Waals surface area contributed by atoms with Gasteiger partial charge >= 0.3 is 0 Å². The number of allylic oxidation sites excluding steroid dienone is 1. The molecule has 0 aliphatic heterocycles. The van der Waals surface area contributed by atoms with Crippen LogP contribution in [0, 0.1) is 0 Å². The first-order chi connectivity index (χ1) is 10.6. The quantitative estimate of drug-likeness (QED) is 0.398. The van der Waals surface area contributed by atoms with Crippen molar-refractivity contribution < 1.29 is 9.53 Å². The lowest BCUT2D eigenvalue weighted by molar-refractivity contribution is -0.116. The van der Waals surface area contributed by atoms with Crippen molar-refractivity contribution in [3.63, 3.8) is 0 Å². The molecule has 1 rings (SSSR count). The summed E-state index contributed by atoms with van der Waals surface area (Å²) in [4.78, 5) is 11.0. The molecule has 0 atom stereocenters. The van der Waals surface area contributed by atoms with Gasteiger partial charge in [-0.2, -0.15) is 0 Å². The van der Waals surface area contributed by atoms with Gasteiger partial charge in [-0.15, -0.1) is 0 Å². The summed E-state index contributed by atoms with van der Waals surface area (Å²) < 4.78 is 5.75. The summed E-state index contributed by atoms with van der Waals surface area (Å²) in [6.07, 6.45) is 9.77. The molecule has 122 valence electrons. The Morgan fingerprint density at radius 3 is 2.45 bits per heavy atom. The highest BCUT2D eigenvalue weighted by molar-refractivity contribution is 5.75. The van der Waals surface area contributed by atoms with Crippen molar-refractivity contribution in [2.24, 2.45) is 0 Å². The minimum absolute atomic E-state index is 0.237. The zero-order valence-electron chi connectivity index (χ0n) is 14.4. The Kier molecular flexibility index (Phi) is 9.29. The standard InChI is InChI=1S/C20H30O2/c1-4-5-6-8-17(2)9-7-16-22-20-14-12-19(13-15-20)11-10-18(3)21/h9,12-15H,4-8,10-11,16H2,1-3H3/b17-9+. The Morgan fingerprint density at radius 2 is 1.82 bits per heavy atom. The first-order valence-corrected chi connectivity index (χ1v) is 8.48. The van der Waals surface area contributed by atoms with Gasteiger partial charge in [0.25, 0.3) is 0 Å². The third-order valence-corrected chi connectivity index (χ3v) is 3.74. The molecular weight excluding hydrogens is 272 g/mol. The maximum Gasteiger partial charge on any atom is 0.130 e. The highest BCUT2D eigenvalue weighted by Gasteiger charge is 1.98. The predicted octanol–water partition coefficient (Wildman–Crippen LogP) is 5.50. The number of hydrogen-bond acceptors (Lipinski definition) is 2. The second-order valence-corrected chi connectivity index (χ2v) is 5.99. The summed E-state index contributed by atoms with van der Waals surface area (Å²) in [6, 6.07) is 8.08. The number of unbranched alkanes of at least 4 members (excludes halogenated alkanes) is 2. The molecule has 0 saturated heterocycles. The van der Waals surface area contributed by atoms with Crippen molar-refractivity contribution in [1.29, 1.82) is 0 Å². The van der Waals surface area contributed by atoms with Crippen molar-refractivity contribution in [3.8, 4) is 5.75 Å². The molecule has 0 saturated carbocycles. The van der Waals surface area contributed by atoms with Gasteiger partial charge in [0, 0.05) is 6.42 Å². The molecule has 1 aromatic rings. The van der Waals surface area contributed by atoms with Crippen LogP contribution in [0.15, 0.2) is 35.9 Å². The zero-order valence-corrected chi connectivity index (χ0v) is 14.4. The number of hydrogen-bond donors (Lipinski definition) is 0. The topological polar surface area (TPSA) is 26.3 Å². The maximum atomic E-state index is 11.0. The van der Waals surface area contributed by atoms with Crippen molar-refractivity contribution >= 4 is 5.78 Å². The lowest BCUT2D eigenvalue weighted by Gasteiger charge is -2.06. The van der Waals surface area contributed by atoms with Gasteiger partial charge in [0.15, 0.2) is 0 Å². The van der Waals surface area contributed by atoms with Gasteiger partial charge in [-0.3, -0.25) is 0 Å². The van der Waals surface area contributed by atoms with Gasteiger partial charge in [-0.1, -0.05) is 43.5 Å². The van der Waals surface area contributed by atoms with Crippen LogP contribution in [0.2, 0.25) is 0 Å². The van der Waals surface area contributed by atoms with Gasteiger partial charge in [-0.25, -0.2) is 0 Å². The Balaban J connectivity index is 2.24. The Morgan fingerprint density at radius 1 is 1.09 bits per heavy atom. The normalized spacial score (nSPS) is 11.5. The fourth-order valence-corrected chi connectivity index (χ4v) is 2.31. The molecule has 0 spiro atoms. The van der Waals surface area contributed by atoms with Crippen LogP contribution >= 0.6 is 0 Å². The number of carbonyl (C=O) groups excluding carboxylic acids is 1. The highest BCUT2D eigenvalue weighted by atomic mass is 16.5. The number of ketones is 1. The smallest absolute Gasteiger partial charge is 0.130 e. The SMILES string of the molecule is CCCCC/C(C)=C/CCOc1ccc(CCC(C)=O)cc1. The second-order valence-electron chi connectivity index (χ2n) is 5.99. The minimum Gasteiger partial charge on any atom is -0.493 e. The van der Waals surface area contributed by atoms with Crippen molar-refractivity contribution in [2.45, 2.75) is 65.7 Å². The van der Waals surface area contributed by atoms with E-state index >= 15 is 0 Å². The predicted molar refractivity (Wildman–Crippen MR) is 93.5 cm³/mol. The molecular formula is C20H30O2. The second kappa shape index (κ2) is 11.1. The summed E-state index contributed by atoms with van der Waals surface area (Å²) in [5, 5.41) is 0. The molecule has 0 aliphatic rings. The van der Waals surface area contributed by atoms with E-state index in [1.807, 2.05) is 24.3 Å². The van der Waals surface area contributed by atoms with Gasteiger partial charge in [0.05, 0.1) is 6.61 Å². The molecule has 2 nitrogen and oxygen atoms in total. The fraction of sp³-hybridized carbons (Fsp3) is 0.550. The van der Waals surface area contributed by atoms with Crippen LogP contribution in [0.4, 0.5) is 0 Å². The van der Waals surface area contributed by atoms with Crippen LogP contribution in [0.3, 0.4) is 0 Å². The van der Waals surface area contributed by atoms with Gasteiger partial charge in [0.1, 0.15) is 11.5 Å². The number of ether oxygens (including phenoxy) is 1. The molecule has 0 amide bonds. The van der Waals surface area contributed by atoms with Crippen molar-refractivity contribution in [2.75, 3.05) is 6.61 Å². The lowest BCUT2D eigenvalue weighted by atomic mass is 10.1. The molecule has 0 unspecified atom stereocenters. The molecule has 0 aliphatic carbocycles. The largest absolute Gasteiger partial charge is 0.493 e. The minimum atomic E-state index is 0.237. The summed E-state index contributed by atoms with van der Waals surface area (Å²) >= 11 is 0. The molecule has 0 aromatic heterocycles. The van der Waals surface area contributed by atoms with Crippen LogP contribution < -0.4 is 4.74 Å². The highest BCUT2D eigenvalue weighted by Crippen LogP contribution is 2.14.